The van der Waals surface area contributed by atoms with E-state index in [9.17, 15) is 13.2 Å². The van der Waals surface area contributed by atoms with Crippen LogP contribution in [0.15, 0.2) is 35.2 Å². The summed E-state index contributed by atoms with van der Waals surface area (Å²) in [5, 5.41) is 3.10. The molecule has 6 nitrogen and oxygen atoms in total. The lowest BCUT2D eigenvalue weighted by Crippen LogP contribution is -2.55. The van der Waals surface area contributed by atoms with Crippen molar-refractivity contribution in [1.82, 2.24) is 14.5 Å². The van der Waals surface area contributed by atoms with Gasteiger partial charge in [0.25, 0.3) is 0 Å². The van der Waals surface area contributed by atoms with Crippen molar-refractivity contribution in [2.75, 3.05) is 32.7 Å². The third kappa shape index (κ3) is 5.09. The topological polar surface area (TPSA) is 69.7 Å². The number of hydrogen-bond donors (Lipinski definition) is 1. The highest BCUT2D eigenvalue weighted by molar-refractivity contribution is 7.89. The van der Waals surface area contributed by atoms with Crippen LogP contribution in [0, 0.1) is 5.92 Å². The molecule has 0 spiro atoms. The summed E-state index contributed by atoms with van der Waals surface area (Å²) in [6.45, 7) is 4.66. The van der Waals surface area contributed by atoms with Gasteiger partial charge in [-0.1, -0.05) is 37.5 Å². The average molecular weight is 394 g/mol. The smallest absolute Gasteiger partial charge is 0.243 e. The van der Waals surface area contributed by atoms with Gasteiger partial charge in [0, 0.05) is 32.7 Å². The van der Waals surface area contributed by atoms with Gasteiger partial charge in [0.1, 0.15) is 0 Å². The third-order valence-corrected chi connectivity index (χ3v) is 7.78. The molecule has 2 fully saturated rings. The minimum absolute atomic E-state index is 0.0555. The lowest BCUT2D eigenvalue weighted by molar-refractivity contribution is -0.126. The van der Waals surface area contributed by atoms with Gasteiger partial charge in [0.15, 0.2) is 0 Å². The molecule has 1 N–H and O–H groups in total. The lowest BCUT2D eigenvalue weighted by Gasteiger charge is -2.37. The highest BCUT2D eigenvalue weighted by atomic mass is 32.2. The minimum atomic E-state index is -3.45. The molecule has 1 aromatic carbocycles. The average Bonchev–Trinajstić information content (AvgIpc) is 2.73. The van der Waals surface area contributed by atoms with Crippen molar-refractivity contribution in [3.05, 3.63) is 30.3 Å². The molecule has 1 saturated heterocycles. The maximum absolute atomic E-state index is 12.7. The molecular weight excluding hydrogens is 362 g/mol. The van der Waals surface area contributed by atoms with E-state index in [1.165, 1.54) is 36.4 Å². The molecule has 0 aromatic heterocycles. The Hall–Kier alpha value is -1.44. The first-order valence-corrected chi connectivity index (χ1v) is 11.5. The van der Waals surface area contributed by atoms with Gasteiger partial charge in [-0.2, -0.15) is 4.31 Å². The number of sulfonamides is 1. The largest absolute Gasteiger partial charge is 0.354 e. The van der Waals surface area contributed by atoms with Crippen LogP contribution < -0.4 is 5.32 Å². The second kappa shape index (κ2) is 9.17. The molecule has 150 valence electrons. The van der Waals surface area contributed by atoms with Crippen molar-refractivity contribution >= 4 is 15.9 Å². The summed E-state index contributed by atoms with van der Waals surface area (Å²) < 4.78 is 26.9. The quantitative estimate of drug-likeness (QED) is 0.803. The van der Waals surface area contributed by atoms with E-state index in [1.807, 2.05) is 13.0 Å². The summed E-state index contributed by atoms with van der Waals surface area (Å²) in [6, 6.07) is 8.32. The van der Waals surface area contributed by atoms with E-state index in [-0.39, 0.29) is 11.9 Å². The van der Waals surface area contributed by atoms with Crippen LogP contribution in [0.4, 0.5) is 0 Å². The third-order valence-electron chi connectivity index (χ3n) is 5.87. The molecule has 7 heteroatoms. The van der Waals surface area contributed by atoms with Crippen molar-refractivity contribution in [3.63, 3.8) is 0 Å². The Bertz CT molecular complexity index is 709. The Morgan fingerprint density at radius 1 is 1.07 bits per heavy atom. The monoisotopic (exact) mass is 393 g/mol. The number of piperazine rings is 1. The molecular formula is C20H31N3O3S. The SMILES string of the molecule is C[C@@H](C(=O)NCC1CCCCC1)N1CCN(S(=O)(=O)c2ccccc2)CC1. The molecule has 1 amide bonds. The summed E-state index contributed by atoms with van der Waals surface area (Å²) in [4.78, 5) is 14.9. The summed E-state index contributed by atoms with van der Waals surface area (Å²) >= 11 is 0. The number of amides is 1. The van der Waals surface area contributed by atoms with E-state index in [0.717, 1.165) is 6.54 Å². The van der Waals surface area contributed by atoms with Gasteiger partial charge in [-0.3, -0.25) is 9.69 Å². The molecule has 0 bridgehead atoms. The summed E-state index contributed by atoms with van der Waals surface area (Å²) in [5.41, 5.74) is 0. The number of nitrogens with one attached hydrogen (secondary N) is 1. The van der Waals surface area contributed by atoms with E-state index in [2.05, 4.69) is 10.2 Å². The van der Waals surface area contributed by atoms with Crippen LogP contribution >= 0.6 is 0 Å². The Morgan fingerprint density at radius 2 is 1.70 bits per heavy atom. The first kappa shape index (κ1) is 20.3. The highest BCUT2D eigenvalue weighted by Gasteiger charge is 2.31. The Balaban J connectivity index is 1.48. The maximum Gasteiger partial charge on any atom is 0.243 e. The summed E-state index contributed by atoms with van der Waals surface area (Å²) in [7, 11) is -3.45. The normalized spacial score (nSPS) is 21.7. The van der Waals surface area contributed by atoms with Crippen LogP contribution in [0.5, 0.6) is 0 Å². The zero-order valence-electron chi connectivity index (χ0n) is 16.1. The van der Waals surface area contributed by atoms with Crippen LogP contribution in [0.1, 0.15) is 39.0 Å². The number of carbonyl (C=O) groups excluding carboxylic acids is 1. The van der Waals surface area contributed by atoms with Gasteiger partial charge in [-0.15, -0.1) is 0 Å². The minimum Gasteiger partial charge on any atom is -0.354 e. The Morgan fingerprint density at radius 3 is 2.33 bits per heavy atom. The van der Waals surface area contributed by atoms with E-state index >= 15 is 0 Å². The van der Waals surface area contributed by atoms with Crippen LogP contribution in [0.3, 0.4) is 0 Å². The number of nitrogens with zero attached hydrogens (tertiary/aromatic N) is 2. The Labute approximate surface area is 163 Å². The van der Waals surface area contributed by atoms with Crippen LogP contribution in [-0.4, -0.2) is 62.3 Å². The summed E-state index contributed by atoms with van der Waals surface area (Å²) in [5.74, 6) is 0.669. The van der Waals surface area contributed by atoms with Crippen molar-refractivity contribution in [3.8, 4) is 0 Å². The van der Waals surface area contributed by atoms with Gasteiger partial charge in [0.2, 0.25) is 15.9 Å². The molecule has 27 heavy (non-hydrogen) atoms. The molecule has 0 unspecified atom stereocenters. The molecule has 1 heterocycles. The second-order valence-corrected chi connectivity index (χ2v) is 9.62. The molecule has 1 atom stereocenters. The number of carbonyl (C=O) groups is 1. The first-order valence-electron chi connectivity index (χ1n) is 10.1. The standard InChI is InChI=1S/C20H31N3O3S/c1-17(20(24)21-16-18-8-4-2-5-9-18)22-12-14-23(15-13-22)27(25,26)19-10-6-3-7-11-19/h3,6-7,10-11,17-18H,2,4-5,8-9,12-16H2,1H3,(H,21,24)/t17-/m0/s1. The lowest BCUT2D eigenvalue weighted by atomic mass is 9.89. The van der Waals surface area contributed by atoms with Gasteiger partial charge in [-0.05, 0) is 37.8 Å². The fourth-order valence-corrected chi connectivity index (χ4v) is 5.47. The predicted octanol–water partition coefficient (Wildman–Crippen LogP) is 2.08. The highest BCUT2D eigenvalue weighted by Crippen LogP contribution is 2.23. The molecule has 1 saturated carbocycles. The van der Waals surface area contributed by atoms with Crippen molar-refractivity contribution < 1.29 is 13.2 Å². The van der Waals surface area contributed by atoms with Gasteiger partial charge in [0.05, 0.1) is 10.9 Å². The van der Waals surface area contributed by atoms with Gasteiger partial charge >= 0.3 is 0 Å². The maximum atomic E-state index is 12.7. The number of hydrogen-bond acceptors (Lipinski definition) is 4. The molecule has 0 radical (unpaired) electrons. The van der Waals surface area contributed by atoms with E-state index in [4.69, 9.17) is 0 Å². The van der Waals surface area contributed by atoms with Crippen LogP contribution in [0.2, 0.25) is 0 Å². The van der Waals surface area contributed by atoms with E-state index in [1.54, 1.807) is 24.3 Å². The first-order chi connectivity index (χ1) is 13.0. The second-order valence-electron chi connectivity index (χ2n) is 7.68. The van der Waals surface area contributed by atoms with Crippen molar-refractivity contribution in [1.29, 1.82) is 0 Å². The van der Waals surface area contributed by atoms with Crippen molar-refractivity contribution in [2.24, 2.45) is 5.92 Å². The molecule has 3 rings (SSSR count). The number of benzene rings is 1. The molecule has 1 aromatic rings. The van der Waals surface area contributed by atoms with Gasteiger partial charge < -0.3 is 5.32 Å². The number of rotatable bonds is 6. The van der Waals surface area contributed by atoms with Crippen molar-refractivity contribution in [2.45, 2.75) is 50.0 Å². The summed E-state index contributed by atoms with van der Waals surface area (Å²) in [6.07, 6.45) is 6.29. The zero-order chi connectivity index (χ0) is 19.3. The fraction of sp³-hybridized carbons (Fsp3) is 0.650. The van der Waals surface area contributed by atoms with Crippen LogP contribution in [0.25, 0.3) is 0 Å². The van der Waals surface area contributed by atoms with Gasteiger partial charge in [-0.25, -0.2) is 8.42 Å². The fourth-order valence-electron chi connectivity index (χ4n) is 4.02. The molecule has 2 aliphatic rings. The molecule has 1 aliphatic heterocycles. The van der Waals surface area contributed by atoms with Crippen LogP contribution in [-0.2, 0) is 14.8 Å². The zero-order valence-corrected chi connectivity index (χ0v) is 17.0. The van der Waals surface area contributed by atoms with E-state index in [0.29, 0.717) is 37.0 Å². The predicted molar refractivity (Wildman–Crippen MR) is 106 cm³/mol. The molecule has 1 aliphatic carbocycles. The Kier molecular flexibility index (Phi) is 6.89. The van der Waals surface area contributed by atoms with E-state index < -0.39 is 10.0 Å².